The summed E-state index contributed by atoms with van der Waals surface area (Å²) in [6, 6.07) is 6.92. The van der Waals surface area contributed by atoms with Crippen molar-refractivity contribution in [3.05, 3.63) is 41.5 Å². The summed E-state index contributed by atoms with van der Waals surface area (Å²) in [7, 11) is 0. The fraction of sp³-hybridized carbons (Fsp3) is 0.667. The Balaban J connectivity index is 0.00000100. The van der Waals surface area contributed by atoms with Crippen LogP contribution in [0.15, 0.2) is 30.4 Å². The molecule has 2 rings (SSSR count). The molecule has 0 aromatic heterocycles. The first kappa shape index (κ1) is 25.7. The Labute approximate surface area is 167 Å². The average molecular weight is 379 g/mol. The van der Waals surface area contributed by atoms with E-state index in [2.05, 4.69) is 59.4 Å². The van der Waals surface area contributed by atoms with Gasteiger partial charge in [-0.1, -0.05) is 77.7 Å². The number of unbranched alkanes of at least 4 members (excludes halogenated alkanes) is 3. The number of aliphatic hydroxyl groups is 1. The normalized spacial score (nSPS) is 18.3. The van der Waals surface area contributed by atoms with Crippen molar-refractivity contribution in [1.82, 2.24) is 0 Å². The molecule has 1 aromatic carbocycles. The van der Waals surface area contributed by atoms with Crippen LogP contribution < -0.4 is 4.74 Å². The van der Waals surface area contributed by atoms with E-state index in [1.54, 1.807) is 6.92 Å². The zero-order valence-corrected chi connectivity index (χ0v) is 18.4. The van der Waals surface area contributed by atoms with Crippen molar-refractivity contribution in [2.45, 2.75) is 91.6 Å². The monoisotopic (exact) mass is 378 g/mol. The van der Waals surface area contributed by atoms with Gasteiger partial charge in [-0.15, -0.1) is 0 Å². The van der Waals surface area contributed by atoms with Crippen LogP contribution in [0, 0.1) is 5.92 Å². The van der Waals surface area contributed by atoms with E-state index >= 15 is 0 Å². The van der Waals surface area contributed by atoms with E-state index in [-0.39, 0.29) is 17.5 Å². The van der Waals surface area contributed by atoms with Crippen LogP contribution in [0.1, 0.15) is 84.8 Å². The van der Waals surface area contributed by atoms with Crippen LogP contribution in [0.4, 0.5) is 0 Å². The number of aliphatic hydroxyl groups excluding tert-OH is 1. The lowest BCUT2D eigenvalue weighted by molar-refractivity contribution is 0.139. The Bertz CT molecular complexity index is 563. The van der Waals surface area contributed by atoms with Crippen molar-refractivity contribution in [3.63, 3.8) is 0 Å². The Hall–Kier alpha value is -1.32. The van der Waals surface area contributed by atoms with Crippen LogP contribution in [0.2, 0.25) is 0 Å². The van der Waals surface area contributed by atoms with Crippen LogP contribution in [0.25, 0.3) is 0 Å². The summed E-state index contributed by atoms with van der Waals surface area (Å²) in [5, 5.41) is 8.04. The smallest absolute Gasteiger partial charge is 0.123 e. The summed E-state index contributed by atoms with van der Waals surface area (Å²) < 4.78 is 6.12. The van der Waals surface area contributed by atoms with E-state index in [9.17, 15) is 0 Å². The van der Waals surface area contributed by atoms with Crippen LogP contribution in [-0.4, -0.2) is 23.3 Å². The first-order chi connectivity index (χ1) is 12.2. The summed E-state index contributed by atoms with van der Waals surface area (Å²) in [6.45, 7) is 16.8. The molecular formula is C24H42O3. The molecule has 0 saturated heterocycles. The van der Waals surface area contributed by atoms with Gasteiger partial charge in [0.1, 0.15) is 5.75 Å². The van der Waals surface area contributed by atoms with Crippen molar-refractivity contribution in [2.75, 3.05) is 6.61 Å². The van der Waals surface area contributed by atoms with Gasteiger partial charge in [-0.3, -0.25) is 0 Å². The molecule has 1 aliphatic rings. The van der Waals surface area contributed by atoms with Crippen LogP contribution in [-0.2, 0) is 11.8 Å². The number of hydrogen-bond acceptors (Lipinski definition) is 2. The average Bonchev–Trinajstić information content (AvgIpc) is 2.60. The topological polar surface area (TPSA) is 61.0 Å². The number of ether oxygens (including phenoxy) is 1. The maximum absolute atomic E-state index is 8.04. The second-order valence-corrected chi connectivity index (χ2v) is 8.64. The third-order valence-corrected chi connectivity index (χ3v) is 5.43. The third-order valence-electron chi connectivity index (χ3n) is 5.43. The van der Waals surface area contributed by atoms with Gasteiger partial charge in [0.2, 0.25) is 0 Å². The molecule has 3 heteroatoms. The van der Waals surface area contributed by atoms with Gasteiger partial charge in [-0.2, -0.15) is 0 Å². The van der Waals surface area contributed by atoms with Gasteiger partial charge in [0.25, 0.3) is 0 Å². The third kappa shape index (κ3) is 8.49. The second kappa shape index (κ2) is 12.2. The first-order valence-corrected chi connectivity index (χ1v) is 10.3. The van der Waals surface area contributed by atoms with Gasteiger partial charge < -0.3 is 15.3 Å². The molecule has 0 fully saturated rings. The molecule has 3 N–H and O–H groups in total. The van der Waals surface area contributed by atoms with E-state index in [4.69, 9.17) is 9.84 Å². The van der Waals surface area contributed by atoms with Crippen LogP contribution >= 0.6 is 0 Å². The molecular weight excluding hydrogens is 336 g/mol. The van der Waals surface area contributed by atoms with Crippen molar-refractivity contribution in [3.8, 4) is 5.75 Å². The zero-order chi connectivity index (χ0) is 19.7. The molecule has 1 unspecified atom stereocenters. The standard InChI is InChI=1S/C20H32O.C4H8O.H2O/c1-6-7-8-9-12-20(4,5)18-11-10-17-13-15(2)16(3)21-19(17)14-18;1-4(2)3-5;/h10-11,14-16H,6-9,12-13H2,1-5H3;5H,1,3H2,2H3;1H2/t15-,16?;;/m0../s1. The maximum Gasteiger partial charge on any atom is 0.123 e. The van der Waals surface area contributed by atoms with Crippen LogP contribution in [0.3, 0.4) is 0 Å². The Morgan fingerprint density at radius 2 is 1.85 bits per heavy atom. The minimum atomic E-state index is 0. The maximum atomic E-state index is 8.04. The highest BCUT2D eigenvalue weighted by Gasteiger charge is 2.26. The van der Waals surface area contributed by atoms with Gasteiger partial charge in [-0.05, 0) is 55.2 Å². The Morgan fingerprint density at radius 1 is 1.22 bits per heavy atom. The predicted molar refractivity (Wildman–Crippen MR) is 117 cm³/mol. The lowest BCUT2D eigenvalue weighted by Crippen LogP contribution is -2.28. The van der Waals surface area contributed by atoms with E-state index in [0.29, 0.717) is 12.0 Å². The summed E-state index contributed by atoms with van der Waals surface area (Å²) >= 11 is 0. The fourth-order valence-corrected chi connectivity index (χ4v) is 3.22. The van der Waals surface area contributed by atoms with Gasteiger partial charge in [0.05, 0.1) is 12.7 Å². The lowest BCUT2D eigenvalue weighted by atomic mass is 9.79. The zero-order valence-electron chi connectivity index (χ0n) is 18.4. The molecule has 0 bridgehead atoms. The molecule has 1 aliphatic heterocycles. The van der Waals surface area contributed by atoms with Gasteiger partial charge in [-0.25, -0.2) is 0 Å². The molecule has 1 heterocycles. The number of fused-ring (bicyclic) bond motifs is 1. The van der Waals surface area contributed by atoms with E-state index in [1.807, 2.05) is 0 Å². The van der Waals surface area contributed by atoms with Crippen molar-refractivity contribution < 1.29 is 15.3 Å². The molecule has 2 atom stereocenters. The lowest BCUT2D eigenvalue weighted by Gasteiger charge is -2.32. The molecule has 3 nitrogen and oxygen atoms in total. The predicted octanol–water partition coefficient (Wildman–Crippen LogP) is 5.62. The second-order valence-electron chi connectivity index (χ2n) is 8.64. The molecule has 1 aromatic rings. The molecule has 27 heavy (non-hydrogen) atoms. The van der Waals surface area contributed by atoms with Crippen molar-refractivity contribution in [1.29, 1.82) is 0 Å². The number of benzene rings is 1. The molecule has 0 radical (unpaired) electrons. The minimum absolute atomic E-state index is 0. The highest BCUT2D eigenvalue weighted by Crippen LogP contribution is 2.36. The number of rotatable bonds is 7. The molecule has 0 saturated carbocycles. The van der Waals surface area contributed by atoms with E-state index in [1.165, 1.54) is 43.2 Å². The summed E-state index contributed by atoms with van der Waals surface area (Å²) in [6.07, 6.45) is 8.09. The minimum Gasteiger partial charge on any atom is -0.490 e. The van der Waals surface area contributed by atoms with Crippen molar-refractivity contribution in [2.24, 2.45) is 5.92 Å². The van der Waals surface area contributed by atoms with E-state index < -0.39 is 0 Å². The molecule has 0 spiro atoms. The van der Waals surface area contributed by atoms with Crippen molar-refractivity contribution >= 4 is 0 Å². The molecule has 0 amide bonds. The SMILES string of the molecule is C=C(C)CO.CCCCCCC(C)(C)c1ccc2c(c1)OC(C)[C@@H](C)C2.O. The largest absolute Gasteiger partial charge is 0.490 e. The van der Waals surface area contributed by atoms with Gasteiger partial charge in [0, 0.05) is 0 Å². The van der Waals surface area contributed by atoms with E-state index in [0.717, 1.165) is 17.7 Å². The molecule has 156 valence electrons. The van der Waals surface area contributed by atoms with Gasteiger partial charge >= 0.3 is 0 Å². The number of hydrogen-bond donors (Lipinski definition) is 1. The molecule has 0 aliphatic carbocycles. The van der Waals surface area contributed by atoms with Crippen LogP contribution in [0.5, 0.6) is 5.75 Å². The summed E-state index contributed by atoms with van der Waals surface area (Å²) in [5.74, 6) is 1.74. The highest BCUT2D eigenvalue weighted by molar-refractivity contribution is 5.42. The summed E-state index contributed by atoms with van der Waals surface area (Å²) in [5.41, 5.74) is 3.87. The highest BCUT2D eigenvalue weighted by atomic mass is 16.5. The Morgan fingerprint density at radius 3 is 2.41 bits per heavy atom. The van der Waals surface area contributed by atoms with Gasteiger partial charge in [0.15, 0.2) is 0 Å². The first-order valence-electron chi connectivity index (χ1n) is 10.3. The quantitative estimate of drug-likeness (QED) is 0.494. The Kier molecular flexibility index (Phi) is 11.6. The fourth-order valence-electron chi connectivity index (χ4n) is 3.22. The summed E-state index contributed by atoms with van der Waals surface area (Å²) in [4.78, 5) is 0.